The fraction of sp³-hybridized carbons (Fsp3) is 0.250. The van der Waals surface area contributed by atoms with Crippen molar-refractivity contribution in [3.63, 3.8) is 0 Å². The summed E-state index contributed by atoms with van der Waals surface area (Å²) in [7, 11) is 0. The Morgan fingerprint density at radius 2 is 2.07 bits per heavy atom. The fourth-order valence-electron chi connectivity index (χ4n) is 1.71. The third-order valence-corrected chi connectivity index (χ3v) is 2.41. The van der Waals surface area contributed by atoms with E-state index in [1.165, 1.54) is 0 Å². The molecular weight excluding hydrogens is 190 g/mol. The van der Waals surface area contributed by atoms with Crippen LogP contribution in [0.15, 0.2) is 30.3 Å². The molecule has 3 heteroatoms. The van der Waals surface area contributed by atoms with E-state index in [4.69, 9.17) is 5.11 Å². The molecule has 0 aliphatic heterocycles. The molecule has 0 radical (unpaired) electrons. The van der Waals surface area contributed by atoms with Crippen LogP contribution in [0.5, 0.6) is 0 Å². The molecule has 0 aliphatic carbocycles. The van der Waals surface area contributed by atoms with Crippen molar-refractivity contribution >= 4 is 10.9 Å². The molecule has 15 heavy (non-hydrogen) atoms. The van der Waals surface area contributed by atoms with Gasteiger partial charge in [0.2, 0.25) is 0 Å². The minimum Gasteiger partial charge on any atom is -0.393 e. The van der Waals surface area contributed by atoms with E-state index in [2.05, 4.69) is 4.98 Å². The Kier molecular flexibility index (Phi) is 2.66. The number of aryl methyl sites for hydroxylation is 1. The number of benzene rings is 1. The van der Waals surface area contributed by atoms with Crippen molar-refractivity contribution in [3.8, 4) is 0 Å². The molecule has 0 saturated carbocycles. The molecule has 1 aromatic heterocycles. The average Bonchev–Trinajstić information content (AvgIpc) is 2.26. The van der Waals surface area contributed by atoms with Gasteiger partial charge in [0.15, 0.2) is 0 Å². The van der Waals surface area contributed by atoms with E-state index in [1.54, 1.807) is 0 Å². The van der Waals surface area contributed by atoms with Gasteiger partial charge in [-0.15, -0.1) is 0 Å². The van der Waals surface area contributed by atoms with Gasteiger partial charge in [-0.05, 0) is 24.6 Å². The highest BCUT2D eigenvalue weighted by Gasteiger charge is 2.11. The summed E-state index contributed by atoms with van der Waals surface area (Å²) in [5, 5.41) is 19.5. The molecule has 0 spiro atoms. The van der Waals surface area contributed by atoms with Crippen molar-refractivity contribution < 1.29 is 10.2 Å². The van der Waals surface area contributed by atoms with Crippen molar-refractivity contribution in [2.75, 3.05) is 6.61 Å². The number of aliphatic hydroxyl groups excluding tert-OH is 2. The monoisotopic (exact) mass is 203 g/mol. The number of rotatable bonds is 2. The van der Waals surface area contributed by atoms with Gasteiger partial charge in [-0.1, -0.05) is 18.2 Å². The molecule has 2 N–H and O–H groups in total. The zero-order valence-electron chi connectivity index (χ0n) is 8.51. The van der Waals surface area contributed by atoms with Crippen molar-refractivity contribution in [1.82, 2.24) is 4.98 Å². The van der Waals surface area contributed by atoms with Gasteiger partial charge in [0.25, 0.3) is 0 Å². The number of hydrogen-bond donors (Lipinski definition) is 2. The lowest BCUT2D eigenvalue weighted by Gasteiger charge is -2.11. The highest BCUT2D eigenvalue weighted by molar-refractivity contribution is 5.82. The molecule has 0 bridgehead atoms. The predicted octanol–water partition coefficient (Wildman–Crippen LogP) is 1.57. The molecule has 0 amide bonds. The molecule has 1 atom stereocenters. The van der Waals surface area contributed by atoms with E-state index in [-0.39, 0.29) is 6.61 Å². The third-order valence-electron chi connectivity index (χ3n) is 2.41. The van der Waals surface area contributed by atoms with Crippen LogP contribution in [0.2, 0.25) is 0 Å². The molecule has 78 valence electrons. The van der Waals surface area contributed by atoms with Gasteiger partial charge < -0.3 is 10.2 Å². The van der Waals surface area contributed by atoms with Crippen molar-refractivity contribution in [2.45, 2.75) is 13.0 Å². The van der Waals surface area contributed by atoms with Gasteiger partial charge in [-0.2, -0.15) is 0 Å². The van der Waals surface area contributed by atoms with Gasteiger partial charge in [0.05, 0.1) is 12.1 Å². The second-order valence-electron chi connectivity index (χ2n) is 3.57. The van der Waals surface area contributed by atoms with Crippen LogP contribution in [0.3, 0.4) is 0 Å². The maximum atomic E-state index is 9.67. The van der Waals surface area contributed by atoms with Crippen LogP contribution in [-0.2, 0) is 0 Å². The Morgan fingerprint density at radius 1 is 1.33 bits per heavy atom. The van der Waals surface area contributed by atoms with Crippen LogP contribution in [0.4, 0.5) is 0 Å². The topological polar surface area (TPSA) is 53.4 Å². The van der Waals surface area contributed by atoms with Crippen LogP contribution in [0.25, 0.3) is 10.9 Å². The third kappa shape index (κ3) is 1.84. The van der Waals surface area contributed by atoms with Crippen LogP contribution in [0.1, 0.15) is 17.4 Å². The molecular formula is C12H13NO2. The van der Waals surface area contributed by atoms with Crippen molar-refractivity contribution in [3.05, 3.63) is 41.6 Å². The molecule has 1 heterocycles. The average molecular weight is 203 g/mol. The molecule has 1 aromatic carbocycles. The smallest absolute Gasteiger partial charge is 0.103 e. The zero-order chi connectivity index (χ0) is 10.8. The summed E-state index contributed by atoms with van der Waals surface area (Å²) in [6, 6.07) is 9.41. The Bertz CT molecular complexity index is 482. The summed E-state index contributed by atoms with van der Waals surface area (Å²) in [5.74, 6) is 0. The number of hydrogen-bond acceptors (Lipinski definition) is 3. The second-order valence-corrected chi connectivity index (χ2v) is 3.57. The first-order chi connectivity index (χ1) is 7.22. The summed E-state index contributed by atoms with van der Waals surface area (Å²) in [6.07, 6.45) is -0.836. The van der Waals surface area contributed by atoms with Gasteiger partial charge in [-0.3, -0.25) is 4.98 Å². The maximum Gasteiger partial charge on any atom is 0.103 e. The zero-order valence-corrected chi connectivity index (χ0v) is 8.51. The predicted molar refractivity (Wildman–Crippen MR) is 58.5 cm³/mol. The van der Waals surface area contributed by atoms with Gasteiger partial charge >= 0.3 is 0 Å². The largest absolute Gasteiger partial charge is 0.393 e. The molecule has 2 rings (SSSR count). The summed E-state index contributed by atoms with van der Waals surface area (Å²) in [5.41, 5.74) is 2.43. The summed E-state index contributed by atoms with van der Waals surface area (Å²) < 4.78 is 0. The van der Waals surface area contributed by atoms with Crippen LogP contribution in [-0.4, -0.2) is 21.8 Å². The van der Waals surface area contributed by atoms with Gasteiger partial charge in [0, 0.05) is 11.1 Å². The van der Waals surface area contributed by atoms with Crippen LogP contribution >= 0.6 is 0 Å². The first-order valence-electron chi connectivity index (χ1n) is 4.87. The normalized spacial score (nSPS) is 13.0. The second kappa shape index (κ2) is 3.96. The highest BCUT2D eigenvalue weighted by atomic mass is 16.3. The van der Waals surface area contributed by atoms with E-state index >= 15 is 0 Å². The molecule has 1 unspecified atom stereocenters. The minimum absolute atomic E-state index is 0.270. The highest BCUT2D eigenvalue weighted by Crippen LogP contribution is 2.23. The van der Waals surface area contributed by atoms with E-state index in [0.29, 0.717) is 0 Å². The number of nitrogens with zero attached hydrogens (tertiary/aromatic N) is 1. The summed E-state index contributed by atoms with van der Waals surface area (Å²) >= 11 is 0. The first kappa shape index (κ1) is 10.1. The number of para-hydroxylation sites is 1. The number of aliphatic hydroxyl groups is 2. The minimum atomic E-state index is -0.836. The van der Waals surface area contributed by atoms with Crippen LogP contribution < -0.4 is 0 Å². The van der Waals surface area contributed by atoms with Crippen molar-refractivity contribution in [2.24, 2.45) is 0 Å². The lowest BCUT2D eigenvalue weighted by atomic mass is 10.0. The fourth-order valence-corrected chi connectivity index (χ4v) is 1.71. The number of aromatic nitrogens is 1. The Morgan fingerprint density at radius 3 is 2.80 bits per heavy atom. The number of pyridine rings is 1. The molecule has 0 fully saturated rings. The maximum absolute atomic E-state index is 9.67. The van der Waals surface area contributed by atoms with Gasteiger partial charge in [-0.25, -0.2) is 0 Å². The standard InChI is InChI=1S/C12H13NO2/c1-8-6-10(12(15)7-14)9-4-2-3-5-11(9)13-8/h2-6,12,14-15H,7H2,1H3. The van der Waals surface area contributed by atoms with Gasteiger partial charge in [0.1, 0.15) is 6.10 Å². The Labute approximate surface area is 88.0 Å². The molecule has 2 aromatic rings. The van der Waals surface area contributed by atoms with Crippen LogP contribution in [0, 0.1) is 6.92 Å². The summed E-state index contributed by atoms with van der Waals surface area (Å²) in [6.45, 7) is 1.60. The lowest BCUT2D eigenvalue weighted by Crippen LogP contribution is -2.04. The molecule has 0 saturated heterocycles. The van der Waals surface area contributed by atoms with E-state index in [1.807, 2.05) is 37.3 Å². The quantitative estimate of drug-likeness (QED) is 0.779. The van der Waals surface area contributed by atoms with E-state index in [9.17, 15) is 5.11 Å². The Balaban J connectivity index is 2.71. The number of fused-ring (bicyclic) bond motifs is 1. The first-order valence-corrected chi connectivity index (χ1v) is 4.87. The SMILES string of the molecule is Cc1cc(C(O)CO)c2ccccc2n1. The molecule has 3 nitrogen and oxygen atoms in total. The van der Waals surface area contributed by atoms with E-state index in [0.717, 1.165) is 22.2 Å². The Hall–Kier alpha value is -1.45. The summed E-state index contributed by atoms with van der Waals surface area (Å²) in [4.78, 5) is 4.36. The van der Waals surface area contributed by atoms with Crippen molar-refractivity contribution in [1.29, 1.82) is 0 Å². The molecule has 0 aliphatic rings. The lowest BCUT2D eigenvalue weighted by molar-refractivity contribution is 0.0966. The van der Waals surface area contributed by atoms with E-state index < -0.39 is 6.10 Å².